The fraction of sp³-hybridized carbons (Fsp3) is 0.545. The summed E-state index contributed by atoms with van der Waals surface area (Å²) in [6.07, 6.45) is 1.51. The average molecular weight is 295 g/mol. The van der Waals surface area contributed by atoms with Crippen LogP contribution in [-0.2, 0) is 14.3 Å². The van der Waals surface area contributed by atoms with Gasteiger partial charge in [0.2, 0.25) is 0 Å². The summed E-state index contributed by atoms with van der Waals surface area (Å²) >= 11 is 0. The molecule has 2 aromatic rings. The molecule has 2 atom stereocenters. The predicted octanol–water partition coefficient (Wildman–Crippen LogP) is -0.534. The van der Waals surface area contributed by atoms with E-state index in [1.807, 2.05) is 0 Å². The first-order valence-corrected chi connectivity index (χ1v) is 6.37. The Labute approximate surface area is 117 Å². The van der Waals surface area contributed by atoms with Crippen molar-refractivity contribution in [3.8, 4) is 0 Å². The minimum absolute atomic E-state index is 0.0583. The van der Waals surface area contributed by atoms with E-state index in [2.05, 4.69) is 15.4 Å². The van der Waals surface area contributed by atoms with Crippen molar-refractivity contribution in [2.45, 2.75) is 32.1 Å². The van der Waals surface area contributed by atoms with E-state index in [1.54, 1.807) is 0 Å². The van der Waals surface area contributed by atoms with Gasteiger partial charge in [0, 0.05) is 6.92 Å². The number of nitrogens with zero attached hydrogens (tertiary/aromatic N) is 5. The highest BCUT2D eigenvalue weighted by Crippen LogP contribution is 2.26. The summed E-state index contributed by atoms with van der Waals surface area (Å²) < 4.78 is 11.6. The van der Waals surface area contributed by atoms with E-state index in [4.69, 9.17) is 9.47 Å². The smallest absolute Gasteiger partial charge is 0.302 e. The minimum Gasteiger partial charge on any atom is -0.463 e. The first-order chi connectivity index (χ1) is 10.1. The maximum atomic E-state index is 12.2. The molecule has 1 saturated heterocycles. The normalized spacial score (nSPS) is 21.8. The molecular formula is C11H13N5O5. The lowest BCUT2D eigenvalue weighted by atomic mass is 10.2. The third-order valence-electron chi connectivity index (χ3n) is 3.22. The van der Waals surface area contributed by atoms with Gasteiger partial charge in [-0.25, -0.2) is 0 Å². The zero-order valence-corrected chi connectivity index (χ0v) is 11.2. The average Bonchev–Trinajstić information content (AvgIpc) is 3.04. The summed E-state index contributed by atoms with van der Waals surface area (Å²) in [7, 11) is 0. The molecule has 1 aliphatic heterocycles. The molecule has 10 nitrogen and oxygen atoms in total. The Kier molecular flexibility index (Phi) is 3.29. The number of hydrogen-bond acceptors (Lipinski definition) is 8. The Hall–Kier alpha value is -2.49. The van der Waals surface area contributed by atoms with Crippen molar-refractivity contribution in [3.63, 3.8) is 0 Å². The lowest BCUT2D eigenvalue weighted by Gasteiger charge is -2.14. The van der Waals surface area contributed by atoms with E-state index >= 15 is 0 Å². The molecule has 0 radical (unpaired) electrons. The molecule has 3 heterocycles. The van der Waals surface area contributed by atoms with Gasteiger partial charge in [-0.3, -0.25) is 9.59 Å². The first-order valence-electron chi connectivity index (χ1n) is 6.37. The second-order valence-electron chi connectivity index (χ2n) is 4.70. The molecule has 1 N–H and O–H groups in total. The maximum absolute atomic E-state index is 12.2. The summed E-state index contributed by atoms with van der Waals surface area (Å²) in [5, 5.41) is 20.6. The Morgan fingerprint density at radius 1 is 1.57 bits per heavy atom. The van der Waals surface area contributed by atoms with Crippen LogP contribution in [0.25, 0.3) is 11.0 Å². The number of ether oxygens (including phenoxy) is 2. The fourth-order valence-electron chi connectivity index (χ4n) is 2.23. The van der Waals surface area contributed by atoms with Gasteiger partial charge in [0.15, 0.2) is 11.7 Å². The molecule has 0 saturated carbocycles. The Bertz CT molecular complexity index is 738. The van der Waals surface area contributed by atoms with Crippen molar-refractivity contribution in [1.82, 2.24) is 24.9 Å². The van der Waals surface area contributed by atoms with Crippen LogP contribution in [0.15, 0.2) is 11.0 Å². The van der Waals surface area contributed by atoms with Gasteiger partial charge >= 0.3 is 11.5 Å². The van der Waals surface area contributed by atoms with Gasteiger partial charge in [-0.1, -0.05) is 10.1 Å². The number of hydrogen-bond donors (Lipinski definition) is 1. The van der Waals surface area contributed by atoms with E-state index in [0.717, 1.165) is 4.68 Å². The molecule has 0 aliphatic carbocycles. The van der Waals surface area contributed by atoms with E-state index < -0.39 is 11.8 Å². The van der Waals surface area contributed by atoms with Gasteiger partial charge in [0.05, 0.1) is 12.3 Å². The lowest BCUT2D eigenvalue weighted by Crippen LogP contribution is -2.30. The third kappa shape index (κ3) is 2.44. The zero-order chi connectivity index (χ0) is 15.0. The van der Waals surface area contributed by atoms with Crippen LogP contribution in [-0.4, -0.2) is 48.8 Å². The molecule has 10 heteroatoms. The number of fused-ring (bicyclic) bond motifs is 1. The van der Waals surface area contributed by atoms with Gasteiger partial charge in [0.1, 0.15) is 12.1 Å². The van der Waals surface area contributed by atoms with E-state index in [0.29, 0.717) is 17.7 Å². The molecule has 0 aromatic carbocycles. The van der Waals surface area contributed by atoms with Crippen LogP contribution in [0.4, 0.5) is 0 Å². The topological polar surface area (TPSA) is 121 Å². The van der Waals surface area contributed by atoms with Gasteiger partial charge < -0.3 is 14.7 Å². The van der Waals surface area contributed by atoms with Crippen LogP contribution in [0, 0.1) is 0 Å². The number of carbonyl (C=O) groups excluding carboxylic acids is 1. The van der Waals surface area contributed by atoms with Gasteiger partial charge in [-0.2, -0.15) is 4.68 Å². The number of aromatic nitrogens is 5. The molecule has 0 spiro atoms. The van der Waals surface area contributed by atoms with Crippen molar-refractivity contribution in [2.24, 2.45) is 0 Å². The van der Waals surface area contributed by atoms with Gasteiger partial charge in [-0.15, -0.1) is 10.2 Å². The van der Waals surface area contributed by atoms with Crippen LogP contribution in [0.3, 0.4) is 0 Å². The van der Waals surface area contributed by atoms with Crippen LogP contribution in [0.1, 0.15) is 26.0 Å². The SMILES string of the molecule is CC(=O)OCC1CCC(n2nnc3cnn(O)c3c2=O)O1. The molecule has 2 unspecified atom stereocenters. The fourth-order valence-corrected chi connectivity index (χ4v) is 2.23. The van der Waals surface area contributed by atoms with Crippen molar-refractivity contribution >= 4 is 17.0 Å². The highest BCUT2D eigenvalue weighted by atomic mass is 16.6. The molecule has 3 rings (SSSR count). The molecular weight excluding hydrogens is 282 g/mol. The molecule has 21 heavy (non-hydrogen) atoms. The van der Waals surface area contributed by atoms with E-state index in [-0.39, 0.29) is 29.7 Å². The van der Waals surface area contributed by atoms with Crippen molar-refractivity contribution in [1.29, 1.82) is 0 Å². The first kappa shape index (κ1) is 13.5. The second kappa shape index (κ2) is 5.13. The Morgan fingerprint density at radius 2 is 2.38 bits per heavy atom. The Morgan fingerprint density at radius 3 is 3.14 bits per heavy atom. The standard InChI is InChI=1S/C11H13N5O5/c1-6(17)20-5-7-2-3-9(21-7)15-11(18)10-8(13-14-15)4-12-16(10)19/h4,7,9,19H,2-3,5H2,1H3. The number of esters is 1. The molecule has 0 bridgehead atoms. The van der Waals surface area contributed by atoms with Crippen LogP contribution in [0.5, 0.6) is 0 Å². The van der Waals surface area contributed by atoms with E-state index in [1.165, 1.54) is 13.1 Å². The van der Waals surface area contributed by atoms with Crippen LogP contribution in [0.2, 0.25) is 0 Å². The van der Waals surface area contributed by atoms with E-state index in [9.17, 15) is 14.8 Å². The van der Waals surface area contributed by atoms with Crippen molar-refractivity contribution in [2.75, 3.05) is 6.61 Å². The summed E-state index contributed by atoms with van der Waals surface area (Å²) in [5.41, 5.74) is -0.400. The number of carbonyl (C=O) groups is 1. The maximum Gasteiger partial charge on any atom is 0.302 e. The Balaban J connectivity index is 1.82. The van der Waals surface area contributed by atoms with Crippen LogP contribution < -0.4 is 5.56 Å². The zero-order valence-electron chi connectivity index (χ0n) is 11.2. The van der Waals surface area contributed by atoms with Crippen LogP contribution >= 0.6 is 0 Å². The molecule has 112 valence electrons. The third-order valence-corrected chi connectivity index (χ3v) is 3.22. The predicted molar refractivity (Wildman–Crippen MR) is 66.5 cm³/mol. The monoisotopic (exact) mass is 295 g/mol. The van der Waals surface area contributed by atoms with Crippen molar-refractivity contribution < 1.29 is 19.5 Å². The molecule has 0 amide bonds. The lowest BCUT2D eigenvalue weighted by molar-refractivity contribution is -0.145. The van der Waals surface area contributed by atoms with Gasteiger partial charge in [-0.05, 0) is 12.8 Å². The summed E-state index contributed by atoms with van der Waals surface area (Å²) in [6.45, 7) is 1.45. The second-order valence-corrected chi connectivity index (χ2v) is 4.70. The highest BCUT2D eigenvalue weighted by molar-refractivity contribution is 5.71. The highest BCUT2D eigenvalue weighted by Gasteiger charge is 2.30. The largest absolute Gasteiger partial charge is 0.463 e. The summed E-state index contributed by atoms with van der Waals surface area (Å²) in [5.74, 6) is -0.385. The summed E-state index contributed by atoms with van der Waals surface area (Å²) in [4.78, 5) is 23.5. The molecule has 2 aromatic heterocycles. The minimum atomic E-state index is -0.607. The quantitative estimate of drug-likeness (QED) is 0.592. The molecule has 1 aliphatic rings. The van der Waals surface area contributed by atoms with Gasteiger partial charge in [0.25, 0.3) is 0 Å². The van der Waals surface area contributed by atoms with Crippen molar-refractivity contribution in [3.05, 3.63) is 16.6 Å². The number of rotatable bonds is 3. The summed E-state index contributed by atoms with van der Waals surface area (Å²) in [6, 6.07) is 0. The molecule has 1 fully saturated rings.